The van der Waals surface area contributed by atoms with Gasteiger partial charge in [-0.3, -0.25) is 19.7 Å². The molecular formula is C21H19N3O4. The van der Waals surface area contributed by atoms with E-state index in [4.69, 9.17) is 0 Å². The highest BCUT2D eigenvalue weighted by Gasteiger charge is 2.48. The van der Waals surface area contributed by atoms with E-state index in [0.29, 0.717) is 24.2 Å². The maximum Gasteiger partial charge on any atom is 0.294 e. The quantitative estimate of drug-likeness (QED) is 0.375. The molecule has 0 bridgehead atoms. The number of allylic oxidation sites excluding steroid dienone is 2. The second-order valence-corrected chi connectivity index (χ2v) is 7.12. The van der Waals surface area contributed by atoms with Crippen molar-refractivity contribution in [2.24, 2.45) is 11.8 Å². The summed E-state index contributed by atoms with van der Waals surface area (Å²) in [5.74, 6) is -1.32. The van der Waals surface area contributed by atoms with Crippen LogP contribution in [0.5, 0.6) is 0 Å². The number of fused-ring (bicyclic) bond motifs is 1. The van der Waals surface area contributed by atoms with Gasteiger partial charge >= 0.3 is 0 Å². The lowest BCUT2D eigenvalue weighted by atomic mass is 9.85. The van der Waals surface area contributed by atoms with Gasteiger partial charge in [-0.25, -0.2) is 4.90 Å². The Kier molecular flexibility index (Phi) is 4.43. The van der Waals surface area contributed by atoms with Crippen LogP contribution in [0.3, 0.4) is 0 Å². The third-order valence-corrected chi connectivity index (χ3v) is 5.27. The van der Waals surface area contributed by atoms with E-state index < -0.39 is 4.92 Å². The molecule has 1 fully saturated rings. The van der Waals surface area contributed by atoms with Crippen LogP contribution in [0.25, 0.3) is 0 Å². The minimum absolute atomic E-state index is 0.188. The van der Waals surface area contributed by atoms with Gasteiger partial charge in [0.1, 0.15) is 5.69 Å². The number of anilines is 3. The Morgan fingerprint density at radius 3 is 2.18 bits per heavy atom. The van der Waals surface area contributed by atoms with Gasteiger partial charge in [-0.15, -0.1) is 0 Å². The first-order chi connectivity index (χ1) is 13.5. The van der Waals surface area contributed by atoms with Gasteiger partial charge in [0.2, 0.25) is 11.8 Å². The molecule has 2 aromatic rings. The van der Waals surface area contributed by atoms with Gasteiger partial charge in [-0.2, -0.15) is 0 Å². The van der Waals surface area contributed by atoms with Crippen LogP contribution in [-0.2, 0) is 9.59 Å². The van der Waals surface area contributed by atoms with Gasteiger partial charge in [-0.1, -0.05) is 29.8 Å². The number of aryl methyl sites for hydroxylation is 1. The van der Waals surface area contributed by atoms with Gasteiger partial charge in [0, 0.05) is 11.8 Å². The van der Waals surface area contributed by atoms with Crippen molar-refractivity contribution in [2.75, 3.05) is 10.2 Å². The number of amides is 2. The van der Waals surface area contributed by atoms with E-state index in [2.05, 4.69) is 5.32 Å². The Morgan fingerprint density at radius 1 is 1.00 bits per heavy atom. The Balaban J connectivity index is 1.67. The van der Waals surface area contributed by atoms with Crippen LogP contribution in [0, 0.1) is 28.9 Å². The molecule has 2 aliphatic rings. The molecule has 2 amide bonds. The van der Waals surface area contributed by atoms with Gasteiger partial charge < -0.3 is 5.32 Å². The summed E-state index contributed by atoms with van der Waals surface area (Å²) < 4.78 is 0. The summed E-state index contributed by atoms with van der Waals surface area (Å²) in [6, 6.07) is 11.9. The second kappa shape index (κ2) is 6.92. The molecule has 1 heterocycles. The highest BCUT2D eigenvalue weighted by atomic mass is 16.6. The molecule has 142 valence electrons. The predicted molar refractivity (Wildman–Crippen MR) is 105 cm³/mol. The zero-order valence-corrected chi connectivity index (χ0v) is 15.3. The highest BCUT2D eigenvalue weighted by Crippen LogP contribution is 2.40. The van der Waals surface area contributed by atoms with E-state index in [0.717, 1.165) is 10.5 Å². The molecule has 7 nitrogen and oxygen atoms in total. The summed E-state index contributed by atoms with van der Waals surface area (Å²) in [6.45, 7) is 1.96. The van der Waals surface area contributed by atoms with Crippen molar-refractivity contribution in [3.8, 4) is 0 Å². The molecule has 1 aliphatic heterocycles. The fourth-order valence-electron chi connectivity index (χ4n) is 3.76. The molecule has 2 atom stereocenters. The lowest BCUT2D eigenvalue weighted by molar-refractivity contribution is -0.383. The minimum Gasteiger partial charge on any atom is -0.350 e. The lowest BCUT2D eigenvalue weighted by Crippen LogP contribution is -2.30. The summed E-state index contributed by atoms with van der Waals surface area (Å²) in [6.07, 6.45) is 4.88. The summed E-state index contributed by atoms with van der Waals surface area (Å²) in [4.78, 5) is 37.7. The van der Waals surface area contributed by atoms with E-state index in [1.807, 2.05) is 43.3 Å². The number of hydrogen-bond donors (Lipinski definition) is 1. The smallest absolute Gasteiger partial charge is 0.294 e. The number of imide groups is 1. The molecule has 7 heteroatoms. The molecule has 1 saturated heterocycles. The molecule has 0 unspecified atom stereocenters. The fraction of sp³-hybridized carbons (Fsp3) is 0.238. The van der Waals surface area contributed by atoms with Crippen LogP contribution in [0.4, 0.5) is 22.7 Å². The zero-order valence-electron chi connectivity index (χ0n) is 15.3. The van der Waals surface area contributed by atoms with Crippen LogP contribution in [0.2, 0.25) is 0 Å². The Morgan fingerprint density at radius 2 is 1.61 bits per heavy atom. The van der Waals surface area contributed by atoms with Gasteiger partial charge in [0.25, 0.3) is 5.69 Å². The van der Waals surface area contributed by atoms with Crippen LogP contribution in [0.15, 0.2) is 54.6 Å². The predicted octanol–water partition coefficient (Wildman–Crippen LogP) is 4.10. The topological polar surface area (TPSA) is 92.6 Å². The summed E-state index contributed by atoms with van der Waals surface area (Å²) in [5.41, 5.74) is 2.15. The molecule has 0 aromatic heterocycles. The number of carbonyl (C=O) groups excluding carboxylic acids is 2. The second-order valence-electron chi connectivity index (χ2n) is 7.12. The Hall–Kier alpha value is -3.48. The zero-order chi connectivity index (χ0) is 19.8. The molecule has 4 rings (SSSR count). The van der Waals surface area contributed by atoms with Crippen molar-refractivity contribution in [1.29, 1.82) is 0 Å². The summed E-state index contributed by atoms with van der Waals surface area (Å²) in [5, 5.41) is 14.6. The van der Waals surface area contributed by atoms with E-state index in [1.54, 1.807) is 6.07 Å². The first kappa shape index (κ1) is 17.9. The monoisotopic (exact) mass is 377 g/mol. The lowest BCUT2D eigenvalue weighted by Gasteiger charge is -2.16. The molecular weight excluding hydrogens is 358 g/mol. The minimum atomic E-state index is -0.514. The van der Waals surface area contributed by atoms with Crippen molar-refractivity contribution in [3.63, 3.8) is 0 Å². The van der Waals surface area contributed by atoms with E-state index in [-0.39, 0.29) is 35.0 Å². The number of nitrogens with one attached hydrogen (secondary N) is 1. The third kappa shape index (κ3) is 3.05. The van der Waals surface area contributed by atoms with E-state index >= 15 is 0 Å². The SMILES string of the molecule is Cc1ccc(Nc2ccc(N3C(=O)[C@H]4CC=CC[C@H]4C3=O)cc2[N+](=O)[O-])cc1. The van der Waals surface area contributed by atoms with Crippen molar-refractivity contribution in [1.82, 2.24) is 0 Å². The van der Waals surface area contributed by atoms with Crippen LogP contribution < -0.4 is 10.2 Å². The number of nitro benzene ring substituents is 1. The van der Waals surface area contributed by atoms with Crippen LogP contribution in [-0.4, -0.2) is 16.7 Å². The number of benzene rings is 2. The average Bonchev–Trinajstić information content (AvgIpc) is 2.95. The molecule has 0 spiro atoms. The van der Waals surface area contributed by atoms with E-state index in [9.17, 15) is 19.7 Å². The molecule has 2 aromatic carbocycles. The van der Waals surface area contributed by atoms with Gasteiger partial charge in [0.15, 0.2) is 0 Å². The molecule has 1 N–H and O–H groups in total. The summed E-state index contributed by atoms with van der Waals surface area (Å²) in [7, 11) is 0. The molecule has 1 aliphatic carbocycles. The number of hydrogen-bond acceptors (Lipinski definition) is 5. The molecule has 0 saturated carbocycles. The summed E-state index contributed by atoms with van der Waals surface area (Å²) >= 11 is 0. The number of rotatable bonds is 4. The molecule has 28 heavy (non-hydrogen) atoms. The normalized spacial score (nSPS) is 21.0. The van der Waals surface area contributed by atoms with Gasteiger partial charge in [-0.05, 0) is 44.0 Å². The van der Waals surface area contributed by atoms with Crippen LogP contribution in [0.1, 0.15) is 18.4 Å². The number of carbonyl (C=O) groups is 2. The Bertz CT molecular complexity index is 971. The standard InChI is InChI=1S/C21H19N3O4/c1-13-6-8-14(9-7-13)22-18-11-10-15(12-19(18)24(27)28)23-20(25)16-4-2-3-5-17(16)21(23)26/h2-3,6-12,16-17,22H,4-5H2,1H3/t16-,17+. The average molecular weight is 377 g/mol. The van der Waals surface area contributed by atoms with Crippen molar-refractivity contribution < 1.29 is 14.5 Å². The fourth-order valence-corrected chi connectivity index (χ4v) is 3.76. The first-order valence-corrected chi connectivity index (χ1v) is 9.10. The first-order valence-electron chi connectivity index (χ1n) is 9.10. The van der Waals surface area contributed by atoms with E-state index in [1.165, 1.54) is 12.1 Å². The van der Waals surface area contributed by atoms with Crippen molar-refractivity contribution >= 4 is 34.6 Å². The van der Waals surface area contributed by atoms with Crippen molar-refractivity contribution in [3.05, 3.63) is 70.3 Å². The third-order valence-electron chi connectivity index (χ3n) is 5.27. The van der Waals surface area contributed by atoms with Crippen LogP contribution >= 0.6 is 0 Å². The highest BCUT2D eigenvalue weighted by molar-refractivity contribution is 6.22. The molecule has 0 radical (unpaired) electrons. The van der Waals surface area contributed by atoms with Gasteiger partial charge in [0.05, 0.1) is 22.4 Å². The van der Waals surface area contributed by atoms with Crippen molar-refractivity contribution in [2.45, 2.75) is 19.8 Å². The largest absolute Gasteiger partial charge is 0.350 e. The maximum atomic E-state index is 12.7. The Labute approximate surface area is 161 Å². The maximum absolute atomic E-state index is 12.7. The number of nitrogens with zero attached hydrogens (tertiary/aromatic N) is 2. The number of nitro groups is 1.